The number of halogens is 2. The number of aromatic nitrogens is 3. The highest BCUT2D eigenvalue weighted by molar-refractivity contribution is 5.57. The van der Waals surface area contributed by atoms with Crippen molar-refractivity contribution >= 4 is 0 Å². The molecule has 23 heavy (non-hydrogen) atoms. The van der Waals surface area contributed by atoms with Gasteiger partial charge in [0.05, 0.1) is 11.9 Å². The van der Waals surface area contributed by atoms with Crippen LogP contribution in [-0.4, -0.2) is 27.9 Å². The summed E-state index contributed by atoms with van der Waals surface area (Å²) in [5.74, 6) is 1.51. The summed E-state index contributed by atoms with van der Waals surface area (Å²) >= 11 is 0. The number of aryl methyl sites for hydroxylation is 1. The second-order valence-corrected chi connectivity index (χ2v) is 5.59. The van der Waals surface area contributed by atoms with Crippen molar-refractivity contribution in [2.45, 2.75) is 18.8 Å². The van der Waals surface area contributed by atoms with E-state index in [4.69, 9.17) is 10.5 Å². The highest BCUT2D eigenvalue weighted by atomic mass is 19.1. The fourth-order valence-electron chi connectivity index (χ4n) is 2.23. The molecule has 3 rings (SSSR count). The monoisotopic (exact) mass is 320 g/mol. The Hall–Kier alpha value is -2.28. The number of rotatable bonds is 6. The van der Waals surface area contributed by atoms with Crippen molar-refractivity contribution in [1.29, 1.82) is 0 Å². The molecule has 1 aliphatic rings. The van der Waals surface area contributed by atoms with Gasteiger partial charge in [0.1, 0.15) is 18.2 Å². The molecule has 0 aliphatic heterocycles. The van der Waals surface area contributed by atoms with E-state index in [0.717, 1.165) is 18.7 Å². The maximum atomic E-state index is 14.4. The number of hydrogen-bond donors (Lipinski definition) is 1. The second kappa shape index (κ2) is 6.45. The van der Waals surface area contributed by atoms with E-state index >= 15 is 0 Å². The molecule has 7 heteroatoms. The second-order valence-electron chi connectivity index (χ2n) is 5.59. The summed E-state index contributed by atoms with van der Waals surface area (Å²) in [6, 6.07) is 4.47. The summed E-state index contributed by atoms with van der Waals surface area (Å²) in [6.07, 6.45) is 2.58. The number of nitrogens with two attached hydrogens (primary N) is 1. The summed E-state index contributed by atoms with van der Waals surface area (Å²) in [5.41, 5.74) is 6.01. The van der Waals surface area contributed by atoms with Gasteiger partial charge in [0.15, 0.2) is 11.6 Å². The molecule has 0 saturated heterocycles. The Kier molecular flexibility index (Phi) is 4.38. The van der Waals surface area contributed by atoms with Crippen LogP contribution in [0.15, 0.2) is 30.1 Å². The average molecular weight is 320 g/mol. The lowest BCUT2D eigenvalue weighted by Gasteiger charge is -2.09. The molecule has 0 unspecified atom stereocenters. The minimum atomic E-state index is -0.459. The van der Waals surface area contributed by atoms with E-state index in [1.807, 2.05) is 0 Å². The molecule has 1 fully saturated rings. The van der Waals surface area contributed by atoms with Gasteiger partial charge in [0, 0.05) is 31.1 Å². The Morgan fingerprint density at radius 2 is 2.26 bits per heavy atom. The van der Waals surface area contributed by atoms with E-state index in [2.05, 4.69) is 10.1 Å². The molecule has 0 atom stereocenters. The van der Waals surface area contributed by atoms with Gasteiger partial charge in [0.2, 0.25) is 0 Å². The van der Waals surface area contributed by atoms with E-state index in [9.17, 15) is 8.78 Å². The number of hydrogen-bond acceptors (Lipinski definition) is 4. The van der Waals surface area contributed by atoms with Gasteiger partial charge in [-0.3, -0.25) is 0 Å². The summed E-state index contributed by atoms with van der Waals surface area (Å²) in [6.45, 7) is 0.0432. The number of nitrogens with zero attached hydrogens (tertiary/aromatic N) is 3. The third kappa shape index (κ3) is 3.39. The third-order valence-corrected chi connectivity index (χ3v) is 3.74. The largest absolute Gasteiger partial charge is 0.489 e. The SMILES string of the molecule is Cn1nc(C2CC2)nc1-c1ccc(OC/C(=C/F)CN)cc1F. The van der Waals surface area contributed by atoms with Gasteiger partial charge in [-0.15, -0.1) is 0 Å². The first kappa shape index (κ1) is 15.6. The molecule has 1 aromatic carbocycles. The lowest BCUT2D eigenvalue weighted by molar-refractivity contribution is 0.345. The maximum absolute atomic E-state index is 14.4. The molecule has 0 spiro atoms. The third-order valence-electron chi connectivity index (χ3n) is 3.74. The van der Waals surface area contributed by atoms with Crippen LogP contribution < -0.4 is 10.5 Å². The zero-order chi connectivity index (χ0) is 16.4. The van der Waals surface area contributed by atoms with Crippen LogP contribution in [0.25, 0.3) is 11.4 Å². The van der Waals surface area contributed by atoms with E-state index in [-0.39, 0.29) is 13.2 Å². The first-order valence-electron chi connectivity index (χ1n) is 7.44. The molecule has 122 valence electrons. The van der Waals surface area contributed by atoms with Crippen molar-refractivity contribution in [2.24, 2.45) is 12.8 Å². The molecule has 2 aromatic rings. The van der Waals surface area contributed by atoms with Gasteiger partial charge in [0.25, 0.3) is 0 Å². The Labute approximate surface area is 132 Å². The van der Waals surface area contributed by atoms with Crippen molar-refractivity contribution in [1.82, 2.24) is 14.8 Å². The van der Waals surface area contributed by atoms with Crippen LogP contribution in [0.3, 0.4) is 0 Å². The lowest BCUT2D eigenvalue weighted by atomic mass is 10.2. The zero-order valence-electron chi connectivity index (χ0n) is 12.8. The average Bonchev–Trinajstić information content (AvgIpc) is 3.32. The number of benzene rings is 1. The fraction of sp³-hybridized carbons (Fsp3) is 0.375. The molecule has 1 saturated carbocycles. The van der Waals surface area contributed by atoms with E-state index in [1.165, 1.54) is 6.07 Å². The van der Waals surface area contributed by atoms with Gasteiger partial charge >= 0.3 is 0 Å². The highest BCUT2D eigenvalue weighted by Crippen LogP contribution is 2.39. The molecule has 2 N–H and O–H groups in total. The van der Waals surface area contributed by atoms with Gasteiger partial charge in [-0.2, -0.15) is 5.10 Å². The summed E-state index contributed by atoms with van der Waals surface area (Å²) in [4.78, 5) is 4.43. The number of ether oxygens (including phenoxy) is 1. The standard InChI is InChI=1S/C16H18F2N4O/c1-22-16(20-15(21-22)11-2-3-11)13-5-4-12(6-14(13)18)23-9-10(7-17)8-19/h4-7,11H,2-3,8-9,19H2,1H3/b10-7+. The first-order chi connectivity index (χ1) is 11.1. The maximum Gasteiger partial charge on any atom is 0.161 e. The van der Waals surface area contributed by atoms with Crippen LogP contribution in [0.4, 0.5) is 8.78 Å². The molecule has 0 radical (unpaired) electrons. The zero-order valence-corrected chi connectivity index (χ0v) is 12.8. The van der Waals surface area contributed by atoms with E-state index in [0.29, 0.717) is 35.0 Å². The van der Waals surface area contributed by atoms with Crippen LogP contribution in [-0.2, 0) is 7.05 Å². The Bertz CT molecular complexity index is 738. The molecule has 5 nitrogen and oxygen atoms in total. The van der Waals surface area contributed by atoms with Crippen LogP contribution in [0.2, 0.25) is 0 Å². The highest BCUT2D eigenvalue weighted by Gasteiger charge is 2.29. The van der Waals surface area contributed by atoms with Crippen LogP contribution >= 0.6 is 0 Å². The van der Waals surface area contributed by atoms with Crippen LogP contribution in [0, 0.1) is 5.82 Å². The molecular weight excluding hydrogens is 302 g/mol. The lowest BCUT2D eigenvalue weighted by Crippen LogP contribution is -2.10. The molecule has 1 aromatic heterocycles. The van der Waals surface area contributed by atoms with Crippen molar-refractivity contribution in [3.05, 3.63) is 41.7 Å². The van der Waals surface area contributed by atoms with Crippen molar-refractivity contribution in [3.63, 3.8) is 0 Å². The van der Waals surface area contributed by atoms with Crippen molar-refractivity contribution in [3.8, 4) is 17.1 Å². The quantitative estimate of drug-likeness (QED) is 0.889. The summed E-state index contributed by atoms with van der Waals surface area (Å²) < 4.78 is 33.7. The van der Waals surface area contributed by atoms with Gasteiger partial charge in [-0.1, -0.05) is 0 Å². The first-order valence-corrected chi connectivity index (χ1v) is 7.44. The normalized spacial score (nSPS) is 15.0. The van der Waals surface area contributed by atoms with Gasteiger partial charge < -0.3 is 10.5 Å². The molecule has 0 amide bonds. The van der Waals surface area contributed by atoms with Crippen molar-refractivity contribution < 1.29 is 13.5 Å². The van der Waals surface area contributed by atoms with E-state index < -0.39 is 5.82 Å². The summed E-state index contributed by atoms with van der Waals surface area (Å²) in [5, 5.41) is 4.34. The minimum absolute atomic E-state index is 0.0123. The Balaban J connectivity index is 1.79. The predicted octanol–water partition coefficient (Wildman–Crippen LogP) is 2.69. The smallest absolute Gasteiger partial charge is 0.161 e. The predicted molar refractivity (Wildman–Crippen MR) is 82.1 cm³/mol. The van der Waals surface area contributed by atoms with Gasteiger partial charge in [-0.05, 0) is 25.0 Å². The van der Waals surface area contributed by atoms with E-state index in [1.54, 1.807) is 23.9 Å². The molecular formula is C16H18F2N4O. The van der Waals surface area contributed by atoms with Crippen LogP contribution in [0.5, 0.6) is 5.75 Å². The summed E-state index contributed by atoms with van der Waals surface area (Å²) in [7, 11) is 1.75. The Morgan fingerprint density at radius 1 is 1.48 bits per heavy atom. The minimum Gasteiger partial charge on any atom is -0.489 e. The molecule has 1 heterocycles. The van der Waals surface area contributed by atoms with Gasteiger partial charge in [-0.25, -0.2) is 18.4 Å². The fourth-order valence-corrected chi connectivity index (χ4v) is 2.23. The van der Waals surface area contributed by atoms with Crippen molar-refractivity contribution in [2.75, 3.05) is 13.2 Å². The molecule has 0 bridgehead atoms. The van der Waals surface area contributed by atoms with Crippen LogP contribution in [0.1, 0.15) is 24.6 Å². The Morgan fingerprint density at radius 3 is 2.87 bits per heavy atom. The topological polar surface area (TPSA) is 66.0 Å². The molecule has 1 aliphatic carbocycles.